The summed E-state index contributed by atoms with van der Waals surface area (Å²) in [5.74, 6) is 0.782. The molecule has 0 bridgehead atoms. The number of nitriles is 1. The number of carbonyl (C=O) groups is 1. The first kappa shape index (κ1) is 27.8. The van der Waals surface area contributed by atoms with Crippen LogP contribution in [-0.2, 0) is 4.79 Å². The number of ether oxygens (including phenoxy) is 1. The number of non-ortho nitro benzene ring substituents is 1. The summed E-state index contributed by atoms with van der Waals surface area (Å²) in [6, 6.07) is 26.7. The van der Waals surface area contributed by atoms with Gasteiger partial charge in [0.25, 0.3) is 17.2 Å². The maximum Gasteiger partial charge on any atom is 0.273 e. The van der Waals surface area contributed by atoms with Crippen molar-refractivity contribution in [3.05, 3.63) is 126 Å². The second-order valence-corrected chi connectivity index (χ2v) is 9.83. The van der Waals surface area contributed by atoms with E-state index in [1.165, 1.54) is 22.8 Å². The third-order valence-electron chi connectivity index (χ3n) is 6.08. The lowest BCUT2D eigenvalue weighted by molar-refractivity contribution is -0.384. The minimum absolute atomic E-state index is 0.0409. The predicted molar refractivity (Wildman–Crippen MR) is 159 cm³/mol. The molecule has 0 spiro atoms. The van der Waals surface area contributed by atoms with Crippen LogP contribution >= 0.6 is 11.3 Å². The van der Waals surface area contributed by atoms with Crippen molar-refractivity contribution < 1.29 is 18.9 Å². The molecule has 0 unspecified atom stereocenters. The number of furan rings is 1. The van der Waals surface area contributed by atoms with Crippen molar-refractivity contribution >= 4 is 40.3 Å². The molecule has 208 valence electrons. The Morgan fingerprint density at radius 2 is 1.79 bits per heavy atom. The fourth-order valence-electron chi connectivity index (χ4n) is 4.11. The Kier molecular flexibility index (Phi) is 8.08. The molecular weight excluding hydrogens is 556 g/mol. The van der Waals surface area contributed by atoms with Gasteiger partial charge in [0.05, 0.1) is 21.7 Å². The predicted octanol–water partition coefficient (Wildman–Crippen LogP) is 4.61. The summed E-state index contributed by atoms with van der Waals surface area (Å²) < 4.78 is 13.0. The van der Waals surface area contributed by atoms with E-state index >= 15 is 0 Å². The third kappa shape index (κ3) is 5.89. The van der Waals surface area contributed by atoms with Crippen molar-refractivity contribution in [3.8, 4) is 28.8 Å². The Morgan fingerprint density at radius 1 is 1.07 bits per heavy atom. The summed E-state index contributed by atoms with van der Waals surface area (Å²) >= 11 is 0.986. The molecular formula is C31H22N4O6S. The van der Waals surface area contributed by atoms with Crippen LogP contribution in [0.2, 0.25) is 0 Å². The summed E-state index contributed by atoms with van der Waals surface area (Å²) in [5.41, 5.74) is 0.862. The molecule has 2 heterocycles. The second-order valence-electron chi connectivity index (χ2n) is 8.80. The number of aromatic nitrogens is 1. The van der Waals surface area contributed by atoms with E-state index in [2.05, 4.69) is 5.32 Å². The van der Waals surface area contributed by atoms with Crippen LogP contribution in [0.15, 0.2) is 100 Å². The number of nitrogens with zero attached hydrogens (tertiary/aromatic N) is 3. The number of benzene rings is 3. The van der Waals surface area contributed by atoms with Crippen LogP contribution in [-0.4, -0.2) is 22.0 Å². The van der Waals surface area contributed by atoms with Crippen LogP contribution < -0.4 is 24.8 Å². The van der Waals surface area contributed by atoms with Gasteiger partial charge in [-0.3, -0.25) is 24.3 Å². The maximum absolute atomic E-state index is 13.6. The molecule has 0 atom stereocenters. The summed E-state index contributed by atoms with van der Waals surface area (Å²) in [4.78, 5) is 37.4. The molecule has 10 nitrogen and oxygen atoms in total. The van der Waals surface area contributed by atoms with Crippen molar-refractivity contribution in [2.24, 2.45) is 0 Å². The molecule has 0 aliphatic carbocycles. The van der Waals surface area contributed by atoms with Crippen LogP contribution in [0, 0.1) is 21.4 Å². The Balaban J connectivity index is 1.58. The van der Waals surface area contributed by atoms with Gasteiger partial charge >= 0.3 is 0 Å². The van der Waals surface area contributed by atoms with Crippen molar-refractivity contribution in [2.75, 3.05) is 11.9 Å². The van der Waals surface area contributed by atoms with Crippen LogP contribution in [0.1, 0.15) is 12.7 Å². The van der Waals surface area contributed by atoms with Gasteiger partial charge in [-0.25, -0.2) is 0 Å². The van der Waals surface area contributed by atoms with Crippen LogP contribution in [0.25, 0.3) is 28.7 Å². The third-order valence-corrected chi connectivity index (χ3v) is 7.17. The number of nitro benzene ring substituents is 1. The molecule has 3 aromatic carbocycles. The monoisotopic (exact) mass is 578 g/mol. The molecule has 1 amide bonds. The van der Waals surface area contributed by atoms with Gasteiger partial charge in [-0.05, 0) is 67.6 Å². The zero-order chi connectivity index (χ0) is 29.6. The molecule has 5 aromatic rings. The molecule has 1 N–H and O–H groups in total. The summed E-state index contributed by atoms with van der Waals surface area (Å²) in [5, 5.41) is 23.7. The van der Waals surface area contributed by atoms with E-state index in [0.717, 1.165) is 11.3 Å². The minimum atomic E-state index is -0.669. The standard InChI is InChI=1S/C31H22N4O6S/c1-2-40-24-14-10-21(11-15-24)33-29(36)26(19-32)31-34(22-6-4-3-5-7-22)30(37)28(42-31)18-25-16-17-27(41-25)20-8-12-23(13-9-20)35(38)39/h3-18H,2H2,1H3,(H,33,36)/b28-18+,31-26+. The molecule has 11 heteroatoms. The van der Waals surface area contributed by atoms with E-state index in [4.69, 9.17) is 9.15 Å². The summed E-state index contributed by atoms with van der Waals surface area (Å²) in [6.45, 7) is 2.37. The molecule has 0 aliphatic heterocycles. The van der Waals surface area contributed by atoms with Crippen molar-refractivity contribution in [2.45, 2.75) is 6.92 Å². The average molecular weight is 579 g/mol. The number of anilines is 1. The normalized spacial score (nSPS) is 12.0. The second kappa shape index (κ2) is 12.2. The Bertz CT molecular complexity index is 1980. The molecule has 42 heavy (non-hydrogen) atoms. The first-order chi connectivity index (χ1) is 20.4. The van der Waals surface area contributed by atoms with E-state index in [9.17, 15) is 25.0 Å². The molecule has 0 radical (unpaired) electrons. The van der Waals surface area contributed by atoms with Gasteiger partial charge in [-0.15, -0.1) is 11.3 Å². The fourth-order valence-corrected chi connectivity index (χ4v) is 5.20. The van der Waals surface area contributed by atoms with Gasteiger partial charge in [0.15, 0.2) is 5.57 Å². The van der Waals surface area contributed by atoms with E-state index in [1.54, 1.807) is 78.9 Å². The summed E-state index contributed by atoms with van der Waals surface area (Å²) in [7, 11) is 0. The molecule has 2 aromatic heterocycles. The Labute approximate surface area is 242 Å². The van der Waals surface area contributed by atoms with E-state index in [-0.39, 0.29) is 20.5 Å². The molecule has 0 saturated carbocycles. The van der Waals surface area contributed by atoms with Crippen LogP contribution in [0.3, 0.4) is 0 Å². The van der Waals surface area contributed by atoms with Crippen molar-refractivity contribution in [1.82, 2.24) is 4.57 Å². The fraction of sp³-hybridized carbons (Fsp3) is 0.0645. The first-order valence-corrected chi connectivity index (χ1v) is 13.5. The number of rotatable bonds is 8. The number of nitro groups is 1. The topological polar surface area (TPSA) is 140 Å². The quantitative estimate of drug-likeness (QED) is 0.209. The van der Waals surface area contributed by atoms with Crippen molar-refractivity contribution in [1.29, 1.82) is 5.26 Å². The Hall–Kier alpha value is -5.73. The molecule has 0 fully saturated rings. The molecule has 0 saturated heterocycles. The first-order valence-electron chi connectivity index (χ1n) is 12.7. The maximum atomic E-state index is 13.6. The number of carbonyl (C=O) groups excluding carboxylic acids is 1. The molecule has 5 rings (SSSR count). The lowest BCUT2D eigenvalue weighted by atomic mass is 10.1. The summed E-state index contributed by atoms with van der Waals surface area (Å²) in [6.07, 6.45) is 1.53. The van der Waals surface area contributed by atoms with Gasteiger partial charge in [0.1, 0.15) is 28.0 Å². The van der Waals surface area contributed by atoms with E-state index in [0.29, 0.717) is 40.8 Å². The lowest BCUT2D eigenvalue weighted by Crippen LogP contribution is -2.32. The van der Waals surface area contributed by atoms with Gasteiger partial charge in [0.2, 0.25) is 0 Å². The lowest BCUT2D eigenvalue weighted by Gasteiger charge is -2.07. The Morgan fingerprint density at radius 3 is 2.43 bits per heavy atom. The van der Waals surface area contributed by atoms with Crippen LogP contribution in [0.5, 0.6) is 5.75 Å². The van der Waals surface area contributed by atoms with Gasteiger partial charge < -0.3 is 14.5 Å². The van der Waals surface area contributed by atoms with E-state index < -0.39 is 16.4 Å². The number of thiazole rings is 1. The zero-order valence-corrected chi connectivity index (χ0v) is 23.0. The number of para-hydroxylation sites is 1. The van der Waals surface area contributed by atoms with Gasteiger partial charge in [0, 0.05) is 29.5 Å². The van der Waals surface area contributed by atoms with Gasteiger partial charge in [-0.2, -0.15) is 5.26 Å². The SMILES string of the molecule is CCOc1ccc(NC(=O)/C(C#N)=c2/s/c(=C/c3ccc(-c4ccc([N+](=O)[O-])cc4)o3)c(=O)n2-c2ccccc2)cc1. The van der Waals surface area contributed by atoms with Crippen LogP contribution in [0.4, 0.5) is 11.4 Å². The minimum Gasteiger partial charge on any atom is -0.494 e. The highest BCUT2D eigenvalue weighted by molar-refractivity contribution is 7.07. The van der Waals surface area contributed by atoms with Gasteiger partial charge in [-0.1, -0.05) is 18.2 Å². The highest BCUT2D eigenvalue weighted by Crippen LogP contribution is 2.25. The number of hydrogen-bond donors (Lipinski definition) is 1. The highest BCUT2D eigenvalue weighted by Gasteiger charge is 2.18. The number of amides is 1. The smallest absolute Gasteiger partial charge is 0.273 e. The zero-order valence-electron chi connectivity index (χ0n) is 22.1. The highest BCUT2D eigenvalue weighted by atomic mass is 32.1. The largest absolute Gasteiger partial charge is 0.494 e. The van der Waals surface area contributed by atoms with Crippen molar-refractivity contribution in [3.63, 3.8) is 0 Å². The number of nitrogens with one attached hydrogen (secondary N) is 1. The van der Waals surface area contributed by atoms with E-state index in [1.807, 2.05) is 13.0 Å². The number of hydrogen-bond acceptors (Lipinski definition) is 8. The molecule has 0 aliphatic rings. The average Bonchev–Trinajstić information content (AvgIpc) is 3.59.